The number of nitrogens with one attached hydrogen (secondary N) is 2. The van der Waals surface area contributed by atoms with Gasteiger partial charge in [0.2, 0.25) is 15.9 Å². The molecule has 2 atom stereocenters. The van der Waals surface area contributed by atoms with Gasteiger partial charge in [0, 0.05) is 0 Å². The second kappa shape index (κ2) is 7.81. The van der Waals surface area contributed by atoms with E-state index in [0.29, 0.717) is 6.42 Å². The third-order valence-corrected chi connectivity index (χ3v) is 3.42. The molecule has 0 fully saturated rings. The largest absolute Gasteiger partial charge is 0.394 e. The van der Waals surface area contributed by atoms with Crippen LogP contribution >= 0.6 is 0 Å². The molecule has 0 aromatic carbocycles. The van der Waals surface area contributed by atoms with Gasteiger partial charge in [0.05, 0.1) is 18.9 Å². The summed E-state index contributed by atoms with van der Waals surface area (Å²) < 4.78 is 24.9. The summed E-state index contributed by atoms with van der Waals surface area (Å²) in [6, 6.07) is -1.17. The second-order valence-electron chi connectivity index (χ2n) is 5.61. The zero-order valence-electron chi connectivity index (χ0n) is 12.3. The maximum atomic E-state index is 12.1. The van der Waals surface area contributed by atoms with Gasteiger partial charge in [-0.25, -0.2) is 13.1 Å². The average molecular weight is 294 g/mol. The quantitative estimate of drug-likeness (QED) is 0.591. The molecule has 6 nitrogen and oxygen atoms in total. The summed E-state index contributed by atoms with van der Waals surface area (Å²) in [6.07, 6.45) is 1.44. The molecule has 0 aliphatic heterocycles. The lowest BCUT2D eigenvalue weighted by molar-refractivity contribution is -0.124. The molecule has 0 saturated heterocycles. The Kier molecular flexibility index (Phi) is 7.54. The zero-order chi connectivity index (χ0) is 15.2. The highest BCUT2D eigenvalue weighted by molar-refractivity contribution is 7.88. The van der Waals surface area contributed by atoms with Gasteiger partial charge in [-0.15, -0.1) is 0 Å². The van der Waals surface area contributed by atoms with Crippen LogP contribution in [0.4, 0.5) is 0 Å². The molecule has 0 aliphatic rings. The molecule has 7 heteroatoms. The lowest BCUT2D eigenvalue weighted by Crippen LogP contribution is -2.52. The van der Waals surface area contributed by atoms with E-state index < -0.39 is 22.0 Å². The van der Waals surface area contributed by atoms with E-state index in [1.54, 1.807) is 0 Å². The summed E-state index contributed by atoms with van der Waals surface area (Å²) in [6.45, 7) is 7.41. The average Bonchev–Trinajstić information content (AvgIpc) is 2.21. The van der Waals surface area contributed by atoms with Crippen molar-refractivity contribution in [3.8, 4) is 0 Å². The minimum atomic E-state index is -3.45. The Morgan fingerprint density at radius 3 is 2.05 bits per heavy atom. The van der Waals surface area contributed by atoms with Gasteiger partial charge in [-0.3, -0.25) is 4.79 Å². The highest BCUT2D eigenvalue weighted by Crippen LogP contribution is 2.08. The molecule has 114 valence electrons. The van der Waals surface area contributed by atoms with Gasteiger partial charge in [-0.05, 0) is 18.3 Å². The molecule has 0 aromatic rings. The first-order valence-electron chi connectivity index (χ1n) is 6.45. The second-order valence-corrected chi connectivity index (χ2v) is 7.39. The van der Waals surface area contributed by atoms with Crippen molar-refractivity contribution in [3.63, 3.8) is 0 Å². The summed E-state index contributed by atoms with van der Waals surface area (Å²) in [7, 11) is -3.45. The topological polar surface area (TPSA) is 95.5 Å². The van der Waals surface area contributed by atoms with E-state index in [1.807, 2.05) is 27.7 Å². The summed E-state index contributed by atoms with van der Waals surface area (Å²) in [4.78, 5) is 12.1. The van der Waals surface area contributed by atoms with Crippen molar-refractivity contribution in [1.29, 1.82) is 0 Å². The molecule has 0 aliphatic carbocycles. The molecule has 0 bridgehead atoms. The molecule has 0 spiro atoms. The minimum absolute atomic E-state index is 0.0758. The molecule has 3 N–H and O–H groups in total. The Hall–Kier alpha value is -0.660. The summed E-state index contributed by atoms with van der Waals surface area (Å²) in [5.41, 5.74) is 0. The number of hydrogen-bond donors (Lipinski definition) is 3. The number of aliphatic hydroxyl groups is 1. The maximum Gasteiger partial charge on any atom is 0.238 e. The summed E-state index contributed by atoms with van der Waals surface area (Å²) >= 11 is 0. The van der Waals surface area contributed by atoms with Crippen molar-refractivity contribution in [3.05, 3.63) is 0 Å². The van der Waals surface area contributed by atoms with Crippen molar-refractivity contribution in [1.82, 2.24) is 10.0 Å². The summed E-state index contributed by atoms with van der Waals surface area (Å²) in [5, 5.41) is 11.9. The van der Waals surface area contributed by atoms with Crippen LogP contribution in [0.25, 0.3) is 0 Å². The molecule has 19 heavy (non-hydrogen) atoms. The van der Waals surface area contributed by atoms with Crippen LogP contribution in [0.15, 0.2) is 0 Å². The van der Waals surface area contributed by atoms with Crippen LogP contribution < -0.4 is 10.0 Å². The number of sulfonamides is 1. The number of amides is 1. The maximum absolute atomic E-state index is 12.1. The fraction of sp³-hybridized carbons (Fsp3) is 0.917. The van der Waals surface area contributed by atoms with Gasteiger partial charge in [0.1, 0.15) is 6.04 Å². The predicted octanol–water partition coefficient (Wildman–Crippen LogP) is 0.0834. The van der Waals surface area contributed by atoms with Crippen molar-refractivity contribution < 1.29 is 18.3 Å². The first-order chi connectivity index (χ1) is 8.56. The number of hydrogen-bond acceptors (Lipinski definition) is 4. The highest BCUT2D eigenvalue weighted by atomic mass is 32.2. The number of carbonyl (C=O) groups is 1. The van der Waals surface area contributed by atoms with Crippen LogP contribution in [0.5, 0.6) is 0 Å². The van der Waals surface area contributed by atoms with Crippen molar-refractivity contribution in [2.75, 3.05) is 12.9 Å². The number of carbonyl (C=O) groups excluding carboxylic acids is 1. The molecule has 1 unspecified atom stereocenters. The first-order valence-corrected chi connectivity index (χ1v) is 8.34. The Morgan fingerprint density at radius 1 is 1.21 bits per heavy atom. The van der Waals surface area contributed by atoms with E-state index in [4.69, 9.17) is 0 Å². The van der Waals surface area contributed by atoms with Gasteiger partial charge in [0.15, 0.2) is 0 Å². The Bertz CT molecular complexity index is 379. The van der Waals surface area contributed by atoms with Gasteiger partial charge in [-0.2, -0.15) is 0 Å². The van der Waals surface area contributed by atoms with Gasteiger partial charge in [0.25, 0.3) is 0 Å². The highest BCUT2D eigenvalue weighted by Gasteiger charge is 2.25. The van der Waals surface area contributed by atoms with Crippen LogP contribution in [0.1, 0.15) is 34.1 Å². The van der Waals surface area contributed by atoms with E-state index in [2.05, 4.69) is 10.0 Å². The fourth-order valence-electron chi connectivity index (χ4n) is 1.64. The third-order valence-electron chi connectivity index (χ3n) is 2.71. The normalized spacial score (nSPS) is 15.6. The Labute approximate surface area is 116 Å². The summed E-state index contributed by atoms with van der Waals surface area (Å²) in [5.74, 6) is -0.143. The van der Waals surface area contributed by atoms with Gasteiger partial charge >= 0.3 is 0 Å². The SMILES string of the molecule is CC(C)CC(NS(C)(=O)=O)C(=O)N[C@H](CO)C(C)C. The zero-order valence-corrected chi connectivity index (χ0v) is 13.1. The van der Waals surface area contributed by atoms with Crippen LogP contribution in [-0.4, -0.2) is 44.4 Å². The lowest BCUT2D eigenvalue weighted by atomic mass is 10.0. The van der Waals surface area contributed by atoms with Gasteiger partial charge < -0.3 is 10.4 Å². The van der Waals surface area contributed by atoms with Crippen LogP contribution in [-0.2, 0) is 14.8 Å². The van der Waals surface area contributed by atoms with E-state index in [-0.39, 0.29) is 24.5 Å². The molecule has 0 rings (SSSR count). The fourth-order valence-corrected chi connectivity index (χ4v) is 2.37. The van der Waals surface area contributed by atoms with Crippen LogP contribution in [0.3, 0.4) is 0 Å². The number of rotatable bonds is 8. The molecule has 0 saturated carbocycles. The molecule has 0 heterocycles. The molecule has 1 amide bonds. The molecular weight excluding hydrogens is 268 g/mol. The molecular formula is C12H26N2O4S. The molecule has 0 aromatic heterocycles. The van der Waals surface area contributed by atoms with Crippen molar-refractivity contribution >= 4 is 15.9 Å². The monoisotopic (exact) mass is 294 g/mol. The lowest BCUT2D eigenvalue weighted by Gasteiger charge is -2.24. The predicted molar refractivity (Wildman–Crippen MR) is 75.1 cm³/mol. The van der Waals surface area contributed by atoms with E-state index in [9.17, 15) is 18.3 Å². The van der Waals surface area contributed by atoms with E-state index in [0.717, 1.165) is 6.26 Å². The van der Waals surface area contributed by atoms with Crippen molar-refractivity contribution in [2.24, 2.45) is 11.8 Å². The van der Waals surface area contributed by atoms with Gasteiger partial charge in [-0.1, -0.05) is 27.7 Å². The van der Waals surface area contributed by atoms with E-state index >= 15 is 0 Å². The molecule has 0 radical (unpaired) electrons. The Balaban J connectivity index is 4.80. The van der Waals surface area contributed by atoms with Crippen LogP contribution in [0, 0.1) is 11.8 Å². The van der Waals surface area contributed by atoms with Crippen LogP contribution in [0.2, 0.25) is 0 Å². The Morgan fingerprint density at radius 2 is 1.74 bits per heavy atom. The first kappa shape index (κ1) is 18.3. The smallest absolute Gasteiger partial charge is 0.238 e. The van der Waals surface area contributed by atoms with E-state index in [1.165, 1.54) is 0 Å². The van der Waals surface area contributed by atoms with Crippen molar-refractivity contribution in [2.45, 2.75) is 46.2 Å². The minimum Gasteiger partial charge on any atom is -0.394 e. The standard InChI is InChI=1S/C12H26N2O4S/c1-8(2)6-10(14-19(5,17)18)12(16)13-11(7-15)9(3)4/h8-11,14-15H,6-7H2,1-5H3,(H,13,16)/t10?,11-/m1/s1. The number of aliphatic hydroxyl groups excluding tert-OH is 1. The third kappa shape index (κ3) is 8.18.